The van der Waals surface area contributed by atoms with Crippen molar-refractivity contribution < 1.29 is 23.7 Å². The van der Waals surface area contributed by atoms with Gasteiger partial charge in [0.2, 0.25) is 6.79 Å². The van der Waals surface area contributed by atoms with E-state index in [-0.39, 0.29) is 12.7 Å². The van der Waals surface area contributed by atoms with Gasteiger partial charge in [0.05, 0.1) is 17.4 Å². The zero-order valence-corrected chi connectivity index (χ0v) is 15.3. The number of nitrogens with one attached hydrogen (secondary N) is 2. The van der Waals surface area contributed by atoms with Gasteiger partial charge in [0.1, 0.15) is 13.2 Å². The van der Waals surface area contributed by atoms with Crippen LogP contribution in [0.1, 0.15) is 10.4 Å². The van der Waals surface area contributed by atoms with E-state index in [0.29, 0.717) is 53.2 Å². The summed E-state index contributed by atoms with van der Waals surface area (Å²) in [5, 5.41) is 6.07. The van der Waals surface area contributed by atoms with Crippen LogP contribution in [0.3, 0.4) is 0 Å². The van der Waals surface area contributed by atoms with Gasteiger partial charge in [-0.1, -0.05) is 0 Å². The summed E-state index contributed by atoms with van der Waals surface area (Å²) in [7, 11) is 0. The highest BCUT2D eigenvalue weighted by Gasteiger charge is 2.15. The molecule has 2 aromatic carbocycles. The van der Waals surface area contributed by atoms with E-state index in [1.54, 1.807) is 30.5 Å². The normalized spacial score (nSPS) is 13.7. The van der Waals surface area contributed by atoms with Crippen LogP contribution in [0.5, 0.6) is 23.0 Å². The minimum absolute atomic E-state index is 0.218. The van der Waals surface area contributed by atoms with E-state index in [2.05, 4.69) is 15.6 Å². The first kappa shape index (κ1) is 17.2. The predicted molar refractivity (Wildman–Crippen MR) is 105 cm³/mol. The first-order valence-corrected chi connectivity index (χ1v) is 9.07. The summed E-state index contributed by atoms with van der Waals surface area (Å²) < 4.78 is 21.7. The van der Waals surface area contributed by atoms with Crippen LogP contribution in [-0.4, -0.2) is 30.9 Å². The van der Waals surface area contributed by atoms with Crippen molar-refractivity contribution in [1.29, 1.82) is 0 Å². The number of anilines is 3. The smallest absolute Gasteiger partial charge is 0.257 e. The highest BCUT2D eigenvalue weighted by atomic mass is 16.7. The van der Waals surface area contributed by atoms with Crippen molar-refractivity contribution in [3.8, 4) is 23.0 Å². The molecular formula is C21H17N3O5. The van der Waals surface area contributed by atoms with E-state index in [1.807, 2.05) is 18.2 Å². The molecule has 0 spiro atoms. The van der Waals surface area contributed by atoms with Crippen LogP contribution in [-0.2, 0) is 0 Å². The number of carbonyl (C=O) groups is 1. The van der Waals surface area contributed by atoms with Gasteiger partial charge in [0.15, 0.2) is 23.0 Å². The second-order valence-electron chi connectivity index (χ2n) is 6.47. The van der Waals surface area contributed by atoms with Gasteiger partial charge in [-0.15, -0.1) is 0 Å². The third-order valence-corrected chi connectivity index (χ3v) is 4.46. The zero-order chi connectivity index (χ0) is 19.6. The Balaban J connectivity index is 1.31. The molecule has 0 unspecified atom stereocenters. The largest absolute Gasteiger partial charge is 0.486 e. The van der Waals surface area contributed by atoms with E-state index in [1.165, 1.54) is 6.20 Å². The lowest BCUT2D eigenvalue weighted by atomic mass is 10.2. The molecule has 8 nitrogen and oxygen atoms in total. The number of rotatable bonds is 4. The SMILES string of the molecule is O=C(Nc1ccc2c(c1)OCCO2)c1cncc(Nc2ccc3c(c2)OCO3)c1. The summed E-state index contributed by atoms with van der Waals surface area (Å²) in [5.41, 5.74) is 2.53. The van der Waals surface area contributed by atoms with Crippen LogP contribution in [0, 0.1) is 0 Å². The maximum absolute atomic E-state index is 12.7. The van der Waals surface area contributed by atoms with Crippen molar-refractivity contribution >= 4 is 23.0 Å². The van der Waals surface area contributed by atoms with E-state index in [0.717, 1.165) is 5.69 Å². The van der Waals surface area contributed by atoms with Gasteiger partial charge in [-0.3, -0.25) is 9.78 Å². The first-order chi connectivity index (χ1) is 14.2. The number of hydrogen-bond donors (Lipinski definition) is 2. The number of fused-ring (bicyclic) bond motifs is 2. The number of hydrogen-bond acceptors (Lipinski definition) is 7. The molecule has 8 heteroatoms. The van der Waals surface area contributed by atoms with E-state index < -0.39 is 0 Å². The predicted octanol–water partition coefficient (Wildman–Crippen LogP) is 3.58. The van der Waals surface area contributed by atoms with Gasteiger partial charge in [0.25, 0.3) is 5.91 Å². The second kappa shape index (κ2) is 7.23. The van der Waals surface area contributed by atoms with Crippen molar-refractivity contribution in [1.82, 2.24) is 4.98 Å². The molecule has 3 aromatic rings. The summed E-state index contributed by atoms with van der Waals surface area (Å²) >= 11 is 0. The van der Waals surface area contributed by atoms with Crippen LogP contribution >= 0.6 is 0 Å². The van der Waals surface area contributed by atoms with Crippen molar-refractivity contribution in [2.75, 3.05) is 30.6 Å². The molecule has 2 N–H and O–H groups in total. The molecule has 0 saturated carbocycles. The molecule has 0 atom stereocenters. The van der Waals surface area contributed by atoms with E-state index in [9.17, 15) is 4.79 Å². The number of nitrogens with zero attached hydrogens (tertiary/aromatic N) is 1. The van der Waals surface area contributed by atoms with Crippen LogP contribution < -0.4 is 29.6 Å². The Morgan fingerprint density at radius 3 is 2.34 bits per heavy atom. The summed E-state index contributed by atoms with van der Waals surface area (Å²) in [4.78, 5) is 16.8. The Labute approximate surface area is 166 Å². The van der Waals surface area contributed by atoms with Gasteiger partial charge in [-0.05, 0) is 30.3 Å². The van der Waals surface area contributed by atoms with Gasteiger partial charge >= 0.3 is 0 Å². The molecule has 3 heterocycles. The van der Waals surface area contributed by atoms with E-state index in [4.69, 9.17) is 18.9 Å². The molecule has 146 valence electrons. The van der Waals surface area contributed by atoms with Crippen LogP contribution in [0.25, 0.3) is 0 Å². The minimum atomic E-state index is -0.275. The van der Waals surface area contributed by atoms with Gasteiger partial charge in [-0.2, -0.15) is 0 Å². The fraction of sp³-hybridized carbons (Fsp3) is 0.143. The van der Waals surface area contributed by atoms with Gasteiger partial charge < -0.3 is 29.6 Å². The molecule has 0 fully saturated rings. The third-order valence-electron chi connectivity index (χ3n) is 4.46. The van der Waals surface area contributed by atoms with Crippen LogP contribution in [0.15, 0.2) is 54.9 Å². The fourth-order valence-electron chi connectivity index (χ4n) is 3.10. The fourth-order valence-corrected chi connectivity index (χ4v) is 3.10. The van der Waals surface area contributed by atoms with Gasteiger partial charge in [0, 0.05) is 29.7 Å². The Bertz CT molecular complexity index is 1090. The molecule has 1 amide bonds. The Morgan fingerprint density at radius 1 is 0.759 bits per heavy atom. The lowest BCUT2D eigenvalue weighted by molar-refractivity contribution is 0.102. The molecule has 1 aromatic heterocycles. The molecular weight excluding hydrogens is 374 g/mol. The van der Waals surface area contributed by atoms with Crippen LogP contribution in [0.2, 0.25) is 0 Å². The van der Waals surface area contributed by atoms with Crippen molar-refractivity contribution in [2.45, 2.75) is 0 Å². The number of aromatic nitrogens is 1. The maximum Gasteiger partial charge on any atom is 0.257 e. The van der Waals surface area contributed by atoms with E-state index >= 15 is 0 Å². The molecule has 5 rings (SSSR count). The van der Waals surface area contributed by atoms with Gasteiger partial charge in [-0.25, -0.2) is 0 Å². The molecule has 0 radical (unpaired) electrons. The standard InChI is InChI=1S/C21H17N3O5/c25-21(24-15-2-3-17-19(9-15)27-6-5-26-17)13-7-16(11-22-10-13)23-14-1-4-18-20(8-14)29-12-28-18/h1-4,7-11,23H,5-6,12H2,(H,24,25). The van der Waals surface area contributed by atoms with Crippen LogP contribution in [0.4, 0.5) is 17.1 Å². The summed E-state index contributed by atoms with van der Waals surface area (Å²) in [6, 6.07) is 12.6. The monoisotopic (exact) mass is 391 g/mol. The number of benzene rings is 2. The number of pyridine rings is 1. The number of amides is 1. The first-order valence-electron chi connectivity index (χ1n) is 9.07. The lowest BCUT2D eigenvalue weighted by Gasteiger charge is -2.19. The highest BCUT2D eigenvalue weighted by molar-refractivity contribution is 6.04. The van der Waals surface area contributed by atoms with Crippen molar-refractivity contribution in [3.63, 3.8) is 0 Å². The minimum Gasteiger partial charge on any atom is -0.486 e. The topological polar surface area (TPSA) is 90.9 Å². The number of ether oxygens (including phenoxy) is 4. The Morgan fingerprint density at radius 2 is 1.45 bits per heavy atom. The second-order valence-corrected chi connectivity index (χ2v) is 6.47. The summed E-state index contributed by atoms with van der Waals surface area (Å²) in [6.45, 7) is 1.23. The Hall–Kier alpha value is -3.94. The molecule has 2 aliphatic heterocycles. The Kier molecular flexibility index (Phi) is 4.28. The maximum atomic E-state index is 12.7. The average molecular weight is 391 g/mol. The third kappa shape index (κ3) is 3.60. The summed E-state index contributed by atoms with van der Waals surface area (Å²) in [5.74, 6) is 2.40. The molecule has 0 bridgehead atoms. The van der Waals surface area contributed by atoms with Crippen molar-refractivity contribution in [2.24, 2.45) is 0 Å². The zero-order valence-electron chi connectivity index (χ0n) is 15.3. The molecule has 0 aliphatic carbocycles. The molecule has 0 saturated heterocycles. The number of carbonyl (C=O) groups excluding carboxylic acids is 1. The molecule has 2 aliphatic rings. The average Bonchev–Trinajstić information content (AvgIpc) is 3.22. The lowest BCUT2D eigenvalue weighted by Crippen LogP contribution is -2.16. The summed E-state index contributed by atoms with van der Waals surface area (Å²) in [6.07, 6.45) is 3.16. The molecule has 29 heavy (non-hydrogen) atoms. The quantitative estimate of drug-likeness (QED) is 0.702. The highest BCUT2D eigenvalue weighted by Crippen LogP contribution is 2.35. The van der Waals surface area contributed by atoms with Crippen molar-refractivity contribution in [3.05, 3.63) is 60.4 Å².